The molecule has 0 aliphatic carbocycles. The SMILES string of the molecule is O=C(/C=C/c1ccc(/C=C/C(=O)c2ccc(CN3CCN(Cc4ccccc4)CC3)cc2)cc1)NO. The number of hydroxylamine groups is 1. The number of nitrogens with one attached hydrogen (secondary N) is 1. The summed E-state index contributed by atoms with van der Waals surface area (Å²) in [7, 11) is 0. The van der Waals surface area contributed by atoms with Crippen LogP contribution >= 0.6 is 0 Å². The van der Waals surface area contributed by atoms with Crippen LogP contribution < -0.4 is 5.48 Å². The first-order valence-corrected chi connectivity index (χ1v) is 12.1. The summed E-state index contributed by atoms with van der Waals surface area (Å²) in [5.41, 5.74) is 6.49. The van der Waals surface area contributed by atoms with Crippen molar-refractivity contribution in [3.63, 3.8) is 0 Å². The lowest BCUT2D eigenvalue weighted by molar-refractivity contribution is -0.124. The highest BCUT2D eigenvalue weighted by atomic mass is 16.5. The molecular formula is C30H31N3O3. The van der Waals surface area contributed by atoms with E-state index in [1.165, 1.54) is 17.2 Å². The molecule has 1 aliphatic rings. The predicted octanol–water partition coefficient (Wildman–Crippen LogP) is 4.42. The maximum Gasteiger partial charge on any atom is 0.267 e. The van der Waals surface area contributed by atoms with E-state index < -0.39 is 5.91 Å². The van der Waals surface area contributed by atoms with E-state index in [1.54, 1.807) is 23.7 Å². The second-order valence-corrected chi connectivity index (χ2v) is 8.91. The van der Waals surface area contributed by atoms with Crippen LogP contribution in [0, 0.1) is 0 Å². The van der Waals surface area contributed by atoms with Crippen molar-refractivity contribution in [3.8, 4) is 0 Å². The van der Waals surface area contributed by atoms with Crippen molar-refractivity contribution in [2.24, 2.45) is 0 Å². The van der Waals surface area contributed by atoms with E-state index in [-0.39, 0.29) is 5.78 Å². The fourth-order valence-electron chi connectivity index (χ4n) is 4.18. The van der Waals surface area contributed by atoms with E-state index >= 15 is 0 Å². The second-order valence-electron chi connectivity index (χ2n) is 8.91. The third kappa shape index (κ3) is 7.58. The van der Waals surface area contributed by atoms with E-state index in [1.807, 2.05) is 48.5 Å². The summed E-state index contributed by atoms with van der Waals surface area (Å²) in [6, 6.07) is 25.9. The molecular weight excluding hydrogens is 450 g/mol. The fraction of sp³-hybridized carbons (Fsp3) is 0.200. The third-order valence-corrected chi connectivity index (χ3v) is 6.26. The number of carbonyl (C=O) groups excluding carboxylic acids is 2. The smallest absolute Gasteiger partial charge is 0.267 e. The van der Waals surface area contributed by atoms with Crippen LogP contribution in [0.25, 0.3) is 12.2 Å². The number of carbonyl (C=O) groups is 2. The molecule has 3 aromatic rings. The number of nitrogens with zero attached hydrogens (tertiary/aromatic N) is 2. The van der Waals surface area contributed by atoms with Gasteiger partial charge in [-0.1, -0.05) is 84.9 Å². The summed E-state index contributed by atoms with van der Waals surface area (Å²) in [5, 5.41) is 8.52. The highest BCUT2D eigenvalue weighted by molar-refractivity contribution is 6.06. The van der Waals surface area contributed by atoms with E-state index in [0.29, 0.717) is 5.56 Å². The quantitative estimate of drug-likeness (QED) is 0.205. The van der Waals surface area contributed by atoms with Gasteiger partial charge in [0.2, 0.25) is 0 Å². The maximum atomic E-state index is 12.6. The molecule has 1 heterocycles. The Labute approximate surface area is 212 Å². The van der Waals surface area contributed by atoms with Crippen molar-refractivity contribution in [1.82, 2.24) is 15.3 Å². The van der Waals surface area contributed by atoms with Crippen LogP contribution in [0.4, 0.5) is 0 Å². The molecule has 1 aliphatic heterocycles. The Morgan fingerprint density at radius 2 is 1.19 bits per heavy atom. The first-order chi connectivity index (χ1) is 17.6. The molecule has 2 N–H and O–H groups in total. The Balaban J connectivity index is 1.24. The molecule has 0 radical (unpaired) electrons. The summed E-state index contributed by atoms with van der Waals surface area (Å²) < 4.78 is 0. The van der Waals surface area contributed by atoms with Gasteiger partial charge in [0, 0.05) is 50.9 Å². The Bertz CT molecular complexity index is 1190. The highest BCUT2D eigenvalue weighted by Crippen LogP contribution is 2.14. The Kier molecular flexibility index (Phi) is 8.94. The van der Waals surface area contributed by atoms with Crippen molar-refractivity contribution in [3.05, 3.63) is 119 Å². The Morgan fingerprint density at radius 3 is 1.72 bits per heavy atom. The second kappa shape index (κ2) is 12.7. The average molecular weight is 482 g/mol. The van der Waals surface area contributed by atoms with Gasteiger partial charge < -0.3 is 0 Å². The van der Waals surface area contributed by atoms with E-state index in [4.69, 9.17) is 5.21 Å². The number of amides is 1. The first-order valence-electron chi connectivity index (χ1n) is 12.1. The lowest BCUT2D eigenvalue weighted by Gasteiger charge is -2.34. The Morgan fingerprint density at radius 1 is 0.694 bits per heavy atom. The van der Waals surface area contributed by atoms with Crippen molar-refractivity contribution in [2.45, 2.75) is 13.1 Å². The lowest BCUT2D eigenvalue weighted by atomic mass is 10.1. The van der Waals surface area contributed by atoms with Gasteiger partial charge in [0.25, 0.3) is 5.91 Å². The van der Waals surface area contributed by atoms with Crippen LogP contribution in [0.3, 0.4) is 0 Å². The monoisotopic (exact) mass is 481 g/mol. The largest absolute Gasteiger partial charge is 0.297 e. The molecule has 0 bridgehead atoms. The van der Waals surface area contributed by atoms with E-state index in [9.17, 15) is 9.59 Å². The molecule has 4 rings (SSSR count). The van der Waals surface area contributed by atoms with Crippen LogP contribution in [-0.4, -0.2) is 52.9 Å². The summed E-state index contributed by atoms with van der Waals surface area (Å²) in [6.07, 6.45) is 6.19. The zero-order valence-corrected chi connectivity index (χ0v) is 20.2. The van der Waals surface area contributed by atoms with E-state index in [2.05, 4.69) is 40.1 Å². The van der Waals surface area contributed by atoms with Crippen LogP contribution in [0.15, 0.2) is 91.0 Å². The average Bonchev–Trinajstić information content (AvgIpc) is 2.93. The molecule has 1 amide bonds. The van der Waals surface area contributed by atoms with Crippen LogP contribution in [0.2, 0.25) is 0 Å². The number of piperazine rings is 1. The molecule has 0 saturated carbocycles. The molecule has 36 heavy (non-hydrogen) atoms. The topological polar surface area (TPSA) is 72.9 Å². The summed E-state index contributed by atoms with van der Waals surface area (Å²) in [6.45, 7) is 6.10. The lowest BCUT2D eigenvalue weighted by Crippen LogP contribution is -2.45. The Hall–Kier alpha value is -3.84. The van der Waals surface area contributed by atoms with Gasteiger partial charge in [0.15, 0.2) is 5.78 Å². The van der Waals surface area contributed by atoms with E-state index in [0.717, 1.165) is 50.4 Å². The van der Waals surface area contributed by atoms with Gasteiger partial charge in [-0.15, -0.1) is 0 Å². The molecule has 1 fully saturated rings. The molecule has 0 unspecified atom stereocenters. The molecule has 1 saturated heterocycles. The number of hydrogen-bond acceptors (Lipinski definition) is 5. The molecule has 6 heteroatoms. The highest BCUT2D eigenvalue weighted by Gasteiger charge is 2.17. The fourth-order valence-corrected chi connectivity index (χ4v) is 4.18. The van der Waals surface area contributed by atoms with Crippen LogP contribution in [0.5, 0.6) is 0 Å². The van der Waals surface area contributed by atoms with Gasteiger partial charge >= 0.3 is 0 Å². The van der Waals surface area contributed by atoms with Crippen molar-refractivity contribution in [2.75, 3.05) is 26.2 Å². The first kappa shape index (κ1) is 25.3. The molecule has 0 aromatic heterocycles. The molecule has 184 valence electrons. The minimum atomic E-state index is -0.586. The van der Waals surface area contributed by atoms with Crippen molar-refractivity contribution >= 4 is 23.8 Å². The molecule has 0 atom stereocenters. The summed E-state index contributed by atoms with van der Waals surface area (Å²) in [4.78, 5) is 28.6. The number of ketones is 1. The number of hydrogen-bond donors (Lipinski definition) is 2. The molecule has 0 spiro atoms. The van der Waals surface area contributed by atoms with Gasteiger partial charge in [0.1, 0.15) is 0 Å². The van der Waals surface area contributed by atoms with Crippen LogP contribution in [-0.2, 0) is 17.9 Å². The van der Waals surface area contributed by atoms with Crippen molar-refractivity contribution < 1.29 is 14.8 Å². The van der Waals surface area contributed by atoms with Gasteiger partial charge in [-0.05, 0) is 34.4 Å². The predicted molar refractivity (Wildman–Crippen MR) is 142 cm³/mol. The minimum Gasteiger partial charge on any atom is -0.297 e. The van der Waals surface area contributed by atoms with Gasteiger partial charge in [-0.2, -0.15) is 0 Å². The number of benzene rings is 3. The summed E-state index contributed by atoms with van der Waals surface area (Å²) in [5.74, 6) is -0.628. The number of allylic oxidation sites excluding steroid dienone is 1. The summed E-state index contributed by atoms with van der Waals surface area (Å²) >= 11 is 0. The zero-order valence-electron chi connectivity index (χ0n) is 20.2. The molecule has 3 aromatic carbocycles. The van der Waals surface area contributed by atoms with Gasteiger partial charge in [-0.25, -0.2) is 5.48 Å². The van der Waals surface area contributed by atoms with Gasteiger partial charge in [0.05, 0.1) is 0 Å². The number of rotatable bonds is 9. The molecule has 6 nitrogen and oxygen atoms in total. The zero-order chi connectivity index (χ0) is 25.2. The van der Waals surface area contributed by atoms with Crippen molar-refractivity contribution in [1.29, 1.82) is 0 Å². The van der Waals surface area contributed by atoms with Gasteiger partial charge in [-0.3, -0.25) is 24.6 Å². The van der Waals surface area contributed by atoms with Crippen LogP contribution in [0.1, 0.15) is 32.6 Å². The standard InChI is InChI=1S/C30H31N3O3/c34-29(16-12-24-6-8-25(9-7-24)13-17-30(35)31-36)28-14-10-27(11-15-28)23-33-20-18-32(19-21-33)22-26-4-2-1-3-5-26/h1-17,36H,18-23H2,(H,31,35)/b16-12+,17-13+. The normalized spacial score (nSPS) is 14.9. The maximum absolute atomic E-state index is 12.6. The third-order valence-electron chi connectivity index (χ3n) is 6.26. The minimum absolute atomic E-state index is 0.0420.